The van der Waals surface area contributed by atoms with Gasteiger partial charge in [-0.05, 0) is 118 Å². The van der Waals surface area contributed by atoms with Crippen molar-refractivity contribution in [3.63, 3.8) is 0 Å². The maximum atomic E-state index is 14.1. The molecule has 3 aromatic carbocycles. The number of rotatable bonds is 21. The zero-order valence-electron chi connectivity index (χ0n) is 36.4. The number of likely N-dealkylation sites (N-methyl/N-ethyl adjacent to an activating group) is 1. The fourth-order valence-corrected chi connectivity index (χ4v) is 9.35. The van der Waals surface area contributed by atoms with Crippen LogP contribution in [0.15, 0.2) is 107 Å². The number of oxime groups is 1. The van der Waals surface area contributed by atoms with Gasteiger partial charge in [-0.1, -0.05) is 60.5 Å². The Morgan fingerprint density at radius 1 is 0.984 bits per heavy atom. The molecule has 1 heterocycles. The van der Waals surface area contributed by atoms with Crippen LogP contribution in [0.4, 0.5) is 4.79 Å². The second-order valence-corrected chi connectivity index (χ2v) is 17.9. The Hall–Kier alpha value is -4.33. The van der Waals surface area contributed by atoms with Crippen molar-refractivity contribution in [3.05, 3.63) is 108 Å². The SMILES string of the molecule is C=CCO[C@@]12Oc3ccc(Oc4ccc(SC)cc4)cc3[C@H]3[C@H](CCCCO)[C@@H](CCCCO)C=C(C(=NOC(C)(C)C)C[C@@H]1N(C)C(=O)OCCOCc1ccccc1)[C@H]32. The molecule has 11 nitrogen and oxygen atoms in total. The molecule has 3 aromatic rings. The van der Waals surface area contributed by atoms with Gasteiger partial charge in [0.1, 0.15) is 35.5 Å². The Kier molecular flexibility index (Phi) is 16.4. The first-order valence-electron chi connectivity index (χ1n) is 21.6. The lowest BCUT2D eigenvalue weighted by Crippen LogP contribution is -2.69. The van der Waals surface area contributed by atoms with Crippen LogP contribution in [0.3, 0.4) is 0 Å². The van der Waals surface area contributed by atoms with E-state index >= 15 is 0 Å². The van der Waals surface area contributed by atoms with Gasteiger partial charge in [0.15, 0.2) is 0 Å². The van der Waals surface area contributed by atoms with Crippen LogP contribution in [0.5, 0.6) is 17.2 Å². The number of fused-ring (bicyclic) bond motifs is 2. The first-order valence-corrected chi connectivity index (χ1v) is 22.8. The second kappa shape index (κ2) is 21.6. The number of aliphatic hydroxyl groups excluding tert-OH is 2. The summed E-state index contributed by atoms with van der Waals surface area (Å²) in [4.78, 5) is 23.1. The van der Waals surface area contributed by atoms with Crippen LogP contribution in [-0.2, 0) is 25.7 Å². The minimum atomic E-state index is -1.39. The van der Waals surface area contributed by atoms with E-state index < -0.39 is 29.4 Å². The van der Waals surface area contributed by atoms with E-state index in [0.717, 1.165) is 53.0 Å². The van der Waals surface area contributed by atoms with Gasteiger partial charge in [0.05, 0.1) is 31.5 Å². The van der Waals surface area contributed by atoms with Gasteiger partial charge in [-0.2, -0.15) is 0 Å². The third-order valence-electron chi connectivity index (χ3n) is 11.7. The van der Waals surface area contributed by atoms with Crippen LogP contribution in [0.2, 0.25) is 0 Å². The molecule has 1 saturated carbocycles. The van der Waals surface area contributed by atoms with Gasteiger partial charge in [-0.3, -0.25) is 0 Å². The number of hydrogen-bond donors (Lipinski definition) is 2. The average Bonchev–Trinajstić information content (AvgIpc) is 3.26. The zero-order valence-corrected chi connectivity index (χ0v) is 37.2. The molecule has 12 heteroatoms. The van der Waals surface area contributed by atoms with Crippen molar-refractivity contribution in [3.8, 4) is 17.2 Å². The first kappa shape index (κ1) is 46.2. The number of ether oxygens (including phenoxy) is 5. The van der Waals surface area contributed by atoms with Crippen molar-refractivity contribution < 1.29 is 43.5 Å². The molecule has 6 rings (SSSR count). The Labute approximate surface area is 366 Å². The molecule has 0 aromatic heterocycles. The van der Waals surface area contributed by atoms with E-state index in [0.29, 0.717) is 36.7 Å². The molecule has 61 heavy (non-hydrogen) atoms. The molecule has 1 aliphatic heterocycles. The molecule has 2 aliphatic carbocycles. The van der Waals surface area contributed by atoms with Crippen molar-refractivity contribution in [2.24, 2.45) is 22.9 Å². The van der Waals surface area contributed by atoms with Crippen LogP contribution in [0, 0.1) is 17.8 Å². The summed E-state index contributed by atoms with van der Waals surface area (Å²) in [6, 6.07) is 23.1. The molecule has 2 N–H and O–H groups in total. The monoisotopic (exact) mass is 856 g/mol. The zero-order chi connectivity index (χ0) is 43.4. The largest absolute Gasteiger partial charge is 0.459 e. The van der Waals surface area contributed by atoms with E-state index in [1.807, 2.05) is 93.8 Å². The summed E-state index contributed by atoms with van der Waals surface area (Å²) in [6.07, 6.45) is 10.5. The van der Waals surface area contributed by atoms with Crippen LogP contribution in [-0.4, -0.2) is 90.7 Å². The number of unbranched alkanes of at least 4 members (excludes halogenated alkanes) is 2. The number of thioether (sulfide) groups is 1. The van der Waals surface area contributed by atoms with Crippen LogP contribution in [0.25, 0.3) is 0 Å². The molecule has 330 valence electrons. The minimum absolute atomic E-state index is 0.0590. The molecule has 1 amide bonds. The summed E-state index contributed by atoms with van der Waals surface area (Å²) >= 11 is 1.68. The van der Waals surface area contributed by atoms with Gasteiger partial charge in [0, 0.05) is 43.1 Å². The minimum Gasteiger partial charge on any atom is -0.459 e. The third kappa shape index (κ3) is 11.4. The van der Waals surface area contributed by atoms with Gasteiger partial charge >= 0.3 is 6.09 Å². The lowest BCUT2D eigenvalue weighted by molar-refractivity contribution is -0.253. The third-order valence-corrected chi connectivity index (χ3v) is 12.4. The van der Waals surface area contributed by atoms with E-state index in [2.05, 4.69) is 18.7 Å². The Bertz CT molecular complexity index is 1950. The topological polar surface area (TPSA) is 129 Å². The Morgan fingerprint density at radius 2 is 1.70 bits per heavy atom. The van der Waals surface area contributed by atoms with Gasteiger partial charge in [-0.25, -0.2) is 4.79 Å². The summed E-state index contributed by atoms with van der Waals surface area (Å²) in [6.45, 7) is 11.0. The predicted molar refractivity (Wildman–Crippen MR) is 239 cm³/mol. The Morgan fingerprint density at radius 3 is 2.39 bits per heavy atom. The van der Waals surface area contributed by atoms with Crippen molar-refractivity contribution in [2.45, 2.75) is 101 Å². The van der Waals surface area contributed by atoms with E-state index in [-0.39, 0.29) is 57.2 Å². The summed E-state index contributed by atoms with van der Waals surface area (Å²) in [5.74, 6) is 0.189. The van der Waals surface area contributed by atoms with Crippen LogP contribution >= 0.6 is 11.8 Å². The first-order chi connectivity index (χ1) is 29.5. The predicted octanol–water partition coefficient (Wildman–Crippen LogP) is 9.92. The number of carbonyl (C=O) groups excluding carboxylic acids is 1. The molecule has 0 unspecified atom stereocenters. The number of amides is 1. The lowest BCUT2D eigenvalue weighted by Gasteiger charge is -2.59. The highest BCUT2D eigenvalue weighted by Gasteiger charge is 2.65. The standard InChI is InChI=1S/C49H64N2O9S/c1-7-27-57-49-44(51(5)47(54)56-29-28-55-33-34-15-9-8-10-16-34)32-42(50-60-48(2,3)4)40-30-35(17-11-13-25-52)39(18-12-14-26-53)45(46(40)49)41-31-37(21-24-43(41)59-49)58-36-19-22-38(61-6)23-20-36/h7-10,15-16,19-24,30-31,35,39,44-46,52-53H,1,11-14,17-18,25-29,32-33H2,2-6H3/t35-,39+,44-,45+,46+,49+/m0/s1. The summed E-state index contributed by atoms with van der Waals surface area (Å²) < 4.78 is 32.5. The van der Waals surface area contributed by atoms with Gasteiger partial charge < -0.3 is 43.6 Å². The number of allylic oxidation sites excluding steroid dienone is 1. The van der Waals surface area contributed by atoms with E-state index in [9.17, 15) is 15.0 Å². The summed E-state index contributed by atoms with van der Waals surface area (Å²) in [5, 5.41) is 24.7. The van der Waals surface area contributed by atoms with E-state index in [1.54, 1.807) is 29.8 Å². The number of carbonyl (C=O) groups is 1. The van der Waals surface area contributed by atoms with Crippen molar-refractivity contribution >= 4 is 23.6 Å². The number of aliphatic hydroxyl groups is 2. The normalized spacial score (nSPS) is 23.6. The fourth-order valence-electron chi connectivity index (χ4n) is 8.94. The number of benzene rings is 3. The fraction of sp³-hybridized carbons (Fsp3) is 0.510. The number of hydrogen-bond acceptors (Lipinski definition) is 11. The highest BCUT2D eigenvalue weighted by atomic mass is 32.2. The Balaban J connectivity index is 1.45. The average molecular weight is 857 g/mol. The van der Waals surface area contributed by atoms with Crippen molar-refractivity contribution in [1.29, 1.82) is 0 Å². The maximum Gasteiger partial charge on any atom is 0.410 e. The van der Waals surface area contributed by atoms with E-state index in [4.69, 9.17) is 33.7 Å². The highest BCUT2D eigenvalue weighted by molar-refractivity contribution is 7.98. The van der Waals surface area contributed by atoms with Gasteiger partial charge in [0.25, 0.3) is 0 Å². The molecular weight excluding hydrogens is 793 g/mol. The van der Waals surface area contributed by atoms with Crippen LogP contribution < -0.4 is 9.47 Å². The lowest BCUT2D eigenvalue weighted by atomic mass is 9.55. The molecule has 0 radical (unpaired) electrons. The molecule has 0 bridgehead atoms. The molecule has 3 aliphatic rings. The number of nitrogens with zero attached hydrogens (tertiary/aromatic N) is 2. The van der Waals surface area contributed by atoms with Crippen molar-refractivity contribution in [1.82, 2.24) is 4.90 Å². The summed E-state index contributed by atoms with van der Waals surface area (Å²) in [5.41, 5.74) is 3.10. The second-order valence-electron chi connectivity index (χ2n) is 17.0. The van der Waals surface area contributed by atoms with Crippen molar-refractivity contribution in [2.75, 3.05) is 46.3 Å². The van der Waals surface area contributed by atoms with Gasteiger partial charge in [-0.15, -0.1) is 18.3 Å². The van der Waals surface area contributed by atoms with E-state index in [1.165, 1.54) is 0 Å². The van der Waals surface area contributed by atoms with Crippen LogP contribution in [0.1, 0.15) is 82.8 Å². The highest BCUT2D eigenvalue weighted by Crippen LogP contribution is 2.62. The smallest absolute Gasteiger partial charge is 0.410 e. The molecule has 0 saturated heterocycles. The quantitative estimate of drug-likeness (QED) is 0.0463. The molecule has 6 atom stereocenters. The summed E-state index contributed by atoms with van der Waals surface area (Å²) in [7, 11) is 1.72. The molecule has 1 fully saturated rings. The van der Waals surface area contributed by atoms with Gasteiger partial charge in [0.2, 0.25) is 5.79 Å². The maximum absolute atomic E-state index is 14.1. The molecular formula is C49H64N2O9S. The molecule has 0 spiro atoms.